The zero-order valence-corrected chi connectivity index (χ0v) is 10.1. The molecule has 19 heavy (non-hydrogen) atoms. The molecule has 0 heterocycles. The van der Waals surface area contributed by atoms with Gasteiger partial charge >= 0.3 is 12.1 Å². The van der Waals surface area contributed by atoms with Crippen molar-refractivity contribution in [3.8, 4) is 6.07 Å². The molecule has 1 aromatic carbocycles. The van der Waals surface area contributed by atoms with Crippen molar-refractivity contribution >= 4 is 23.3 Å². The highest BCUT2D eigenvalue weighted by atomic mass is 35.5. The van der Waals surface area contributed by atoms with Crippen LogP contribution < -0.4 is 5.32 Å². The van der Waals surface area contributed by atoms with Gasteiger partial charge in [-0.3, -0.25) is 4.79 Å². The van der Waals surface area contributed by atoms with Crippen LogP contribution in [0.4, 0.5) is 18.9 Å². The van der Waals surface area contributed by atoms with E-state index >= 15 is 0 Å². The number of nitriles is 1. The van der Waals surface area contributed by atoms with Crippen molar-refractivity contribution in [3.05, 3.63) is 28.8 Å². The van der Waals surface area contributed by atoms with E-state index in [0.29, 0.717) is 0 Å². The molecule has 0 aromatic heterocycles. The van der Waals surface area contributed by atoms with E-state index in [1.165, 1.54) is 18.2 Å². The Bertz CT molecular complexity index is 526. The lowest BCUT2D eigenvalue weighted by atomic mass is 10.1. The molecule has 0 aliphatic heterocycles. The van der Waals surface area contributed by atoms with Crippen molar-refractivity contribution in [2.24, 2.45) is 5.92 Å². The van der Waals surface area contributed by atoms with E-state index in [0.717, 1.165) is 0 Å². The van der Waals surface area contributed by atoms with Gasteiger partial charge in [-0.2, -0.15) is 18.4 Å². The summed E-state index contributed by atoms with van der Waals surface area (Å²) in [7, 11) is 0. The quantitative estimate of drug-likeness (QED) is 0.895. The minimum absolute atomic E-state index is 0.0606. The highest BCUT2D eigenvalue weighted by Crippen LogP contribution is 2.28. The molecule has 1 aromatic rings. The van der Waals surface area contributed by atoms with Crippen molar-refractivity contribution in [2.45, 2.75) is 6.18 Å². The van der Waals surface area contributed by atoms with Gasteiger partial charge in [-0.25, -0.2) is 0 Å². The minimum Gasteiger partial charge on any atom is -0.481 e. The van der Waals surface area contributed by atoms with Crippen LogP contribution in [0.15, 0.2) is 18.2 Å². The molecule has 0 spiro atoms. The molecule has 0 fully saturated rings. The maximum Gasteiger partial charge on any atom is 0.403 e. The monoisotopic (exact) mass is 292 g/mol. The number of anilines is 1. The third-order valence-corrected chi connectivity index (χ3v) is 2.53. The Kier molecular flexibility index (Phi) is 4.62. The smallest absolute Gasteiger partial charge is 0.403 e. The first-order valence-electron chi connectivity index (χ1n) is 4.98. The van der Waals surface area contributed by atoms with Gasteiger partial charge < -0.3 is 10.4 Å². The minimum atomic E-state index is -4.87. The fourth-order valence-corrected chi connectivity index (χ4v) is 1.49. The Morgan fingerprint density at radius 3 is 2.63 bits per heavy atom. The summed E-state index contributed by atoms with van der Waals surface area (Å²) in [6.45, 7) is -0.881. The first-order valence-corrected chi connectivity index (χ1v) is 5.36. The van der Waals surface area contributed by atoms with Gasteiger partial charge in [-0.1, -0.05) is 11.6 Å². The third kappa shape index (κ3) is 4.03. The Labute approximate surface area is 111 Å². The molecular weight excluding hydrogens is 285 g/mol. The number of nitrogens with one attached hydrogen (secondary N) is 1. The average Bonchev–Trinajstić information content (AvgIpc) is 2.27. The Hall–Kier alpha value is -1.94. The van der Waals surface area contributed by atoms with E-state index in [4.69, 9.17) is 22.0 Å². The van der Waals surface area contributed by atoms with Gasteiger partial charge in [0.25, 0.3) is 0 Å². The van der Waals surface area contributed by atoms with Crippen LogP contribution in [0.2, 0.25) is 5.02 Å². The van der Waals surface area contributed by atoms with Gasteiger partial charge in [0.1, 0.15) is 6.07 Å². The van der Waals surface area contributed by atoms with Gasteiger partial charge in [0.2, 0.25) is 0 Å². The number of alkyl halides is 3. The maximum absolute atomic E-state index is 12.4. The summed E-state index contributed by atoms with van der Waals surface area (Å²) in [5, 5.41) is 19.8. The lowest BCUT2D eigenvalue weighted by Crippen LogP contribution is -2.36. The molecule has 0 saturated heterocycles. The van der Waals surface area contributed by atoms with Crippen molar-refractivity contribution in [1.29, 1.82) is 5.26 Å². The SMILES string of the molecule is N#Cc1ccc(Cl)cc1NCC(C(=O)O)C(F)(F)F. The summed E-state index contributed by atoms with van der Waals surface area (Å²) in [5.41, 5.74) is 0.140. The topological polar surface area (TPSA) is 73.1 Å². The number of benzene rings is 1. The molecule has 8 heteroatoms. The number of carbonyl (C=O) groups is 1. The first kappa shape index (κ1) is 15.1. The summed E-state index contributed by atoms with van der Waals surface area (Å²) < 4.78 is 37.3. The number of rotatable bonds is 4. The van der Waals surface area contributed by atoms with Gasteiger partial charge in [-0.05, 0) is 18.2 Å². The zero-order chi connectivity index (χ0) is 14.6. The fourth-order valence-electron chi connectivity index (χ4n) is 1.32. The number of aliphatic carboxylic acids is 1. The van der Waals surface area contributed by atoms with Crippen LogP contribution in [0.5, 0.6) is 0 Å². The van der Waals surface area contributed by atoms with E-state index in [2.05, 4.69) is 5.32 Å². The molecular formula is C11H8ClF3N2O2. The molecule has 2 N–H and O–H groups in total. The molecule has 0 saturated carbocycles. The highest BCUT2D eigenvalue weighted by molar-refractivity contribution is 6.30. The van der Waals surface area contributed by atoms with Gasteiger partial charge in [0.15, 0.2) is 5.92 Å². The Morgan fingerprint density at radius 1 is 1.53 bits per heavy atom. The molecule has 1 unspecified atom stereocenters. The summed E-state index contributed by atoms with van der Waals surface area (Å²) >= 11 is 5.65. The number of carboxylic acids is 1. The van der Waals surface area contributed by atoms with Gasteiger partial charge in [0.05, 0.1) is 11.3 Å². The van der Waals surface area contributed by atoms with E-state index in [-0.39, 0.29) is 16.3 Å². The predicted molar refractivity (Wildman–Crippen MR) is 61.8 cm³/mol. The fraction of sp³-hybridized carbons (Fsp3) is 0.273. The number of carboxylic acid groups (broad SMARTS) is 1. The molecule has 4 nitrogen and oxygen atoms in total. The largest absolute Gasteiger partial charge is 0.481 e. The van der Waals surface area contributed by atoms with Crippen LogP contribution >= 0.6 is 11.6 Å². The maximum atomic E-state index is 12.4. The van der Waals surface area contributed by atoms with E-state index in [1.54, 1.807) is 6.07 Å². The molecule has 0 amide bonds. The second kappa shape index (κ2) is 5.80. The second-order valence-corrected chi connectivity index (χ2v) is 4.05. The van der Waals surface area contributed by atoms with Crippen LogP contribution in [0, 0.1) is 17.2 Å². The number of hydrogen-bond donors (Lipinski definition) is 2. The molecule has 1 rings (SSSR count). The Balaban J connectivity index is 2.89. The predicted octanol–water partition coefficient (Wildman–Crippen LogP) is 2.89. The lowest BCUT2D eigenvalue weighted by Gasteiger charge is -2.17. The standard InChI is InChI=1S/C11H8ClF3N2O2/c12-7-2-1-6(4-16)9(3-7)17-5-8(10(18)19)11(13,14)15/h1-3,8,17H,5H2,(H,18,19). The molecule has 1 atom stereocenters. The van der Waals surface area contributed by atoms with E-state index in [9.17, 15) is 18.0 Å². The van der Waals surface area contributed by atoms with Crippen molar-refractivity contribution < 1.29 is 23.1 Å². The summed E-state index contributed by atoms with van der Waals surface area (Å²) in [5.74, 6) is -4.54. The van der Waals surface area contributed by atoms with Crippen molar-refractivity contribution in [1.82, 2.24) is 0 Å². The molecule has 0 aliphatic rings. The third-order valence-electron chi connectivity index (χ3n) is 2.29. The number of halogens is 4. The molecule has 102 valence electrons. The van der Waals surface area contributed by atoms with Crippen LogP contribution in [-0.4, -0.2) is 23.8 Å². The van der Waals surface area contributed by atoms with Crippen molar-refractivity contribution in [2.75, 3.05) is 11.9 Å². The first-order chi connectivity index (χ1) is 8.75. The van der Waals surface area contributed by atoms with Crippen LogP contribution in [0.3, 0.4) is 0 Å². The Morgan fingerprint density at radius 2 is 2.16 bits per heavy atom. The number of nitrogens with zero attached hydrogens (tertiary/aromatic N) is 1. The van der Waals surface area contributed by atoms with E-state index in [1.807, 2.05) is 0 Å². The van der Waals surface area contributed by atoms with Gasteiger partial charge in [0, 0.05) is 11.6 Å². The zero-order valence-electron chi connectivity index (χ0n) is 9.33. The summed E-state index contributed by atoms with van der Waals surface area (Å²) in [6, 6.07) is 5.76. The summed E-state index contributed by atoms with van der Waals surface area (Å²) in [4.78, 5) is 10.5. The van der Waals surface area contributed by atoms with Crippen LogP contribution in [0.1, 0.15) is 5.56 Å². The van der Waals surface area contributed by atoms with Crippen LogP contribution in [0.25, 0.3) is 0 Å². The van der Waals surface area contributed by atoms with Crippen LogP contribution in [-0.2, 0) is 4.79 Å². The van der Waals surface area contributed by atoms with Crippen molar-refractivity contribution in [3.63, 3.8) is 0 Å². The molecule has 0 aliphatic carbocycles. The highest BCUT2D eigenvalue weighted by Gasteiger charge is 2.44. The van der Waals surface area contributed by atoms with E-state index < -0.39 is 24.6 Å². The summed E-state index contributed by atoms with van der Waals surface area (Å²) in [6.07, 6.45) is -4.87. The average molecular weight is 293 g/mol. The second-order valence-electron chi connectivity index (χ2n) is 3.62. The lowest BCUT2D eigenvalue weighted by molar-refractivity contribution is -0.190. The number of hydrogen-bond acceptors (Lipinski definition) is 3. The molecule has 0 radical (unpaired) electrons. The van der Waals surface area contributed by atoms with Gasteiger partial charge in [-0.15, -0.1) is 0 Å². The molecule has 0 bridgehead atoms. The normalized spacial score (nSPS) is 12.6.